The molecule has 0 bridgehead atoms. The van der Waals surface area contributed by atoms with Crippen molar-refractivity contribution in [3.63, 3.8) is 0 Å². The van der Waals surface area contributed by atoms with Crippen molar-refractivity contribution in [2.75, 3.05) is 4.90 Å². The van der Waals surface area contributed by atoms with Crippen LogP contribution in [0.5, 0.6) is 0 Å². The van der Waals surface area contributed by atoms with Gasteiger partial charge in [0, 0.05) is 0 Å². The van der Waals surface area contributed by atoms with Crippen LogP contribution in [0.15, 0.2) is 48.5 Å². The average molecular weight is 326 g/mol. The molecule has 0 spiro atoms. The van der Waals surface area contributed by atoms with Crippen LogP contribution in [0, 0.1) is 0 Å². The molecule has 0 N–H and O–H groups in total. The van der Waals surface area contributed by atoms with Crippen LogP contribution in [0.4, 0.5) is 29.3 Å². The minimum atomic E-state index is -4.41. The van der Waals surface area contributed by atoms with Crippen LogP contribution < -0.4 is 4.90 Å². The molecule has 1 heterocycles. The Kier molecular flexibility index (Phi) is 3.60. The molecule has 1 aliphatic heterocycles. The Morgan fingerprint density at radius 2 is 1.64 bits per heavy atom. The fourth-order valence-electron chi connectivity index (χ4n) is 2.83. The largest absolute Gasteiger partial charge is 0.396 e. The van der Waals surface area contributed by atoms with Crippen molar-refractivity contribution in [1.82, 2.24) is 0 Å². The van der Waals surface area contributed by atoms with E-state index < -0.39 is 17.5 Å². The van der Waals surface area contributed by atoms with Gasteiger partial charge < -0.3 is 0 Å². The van der Waals surface area contributed by atoms with E-state index in [-0.39, 0.29) is 17.7 Å². The predicted octanol–water partition coefficient (Wildman–Crippen LogP) is 5.39. The zero-order valence-corrected chi connectivity index (χ0v) is 12.0. The maximum absolute atomic E-state index is 13.5. The van der Waals surface area contributed by atoms with Gasteiger partial charge in [-0.3, -0.25) is 9.69 Å². The Balaban J connectivity index is 2.30. The standard InChI is InChI=1S/C16H11ClF3NO/c17-15(22)21-13-7-3-1-5-10(13)9-12(16(18,19)20)11-6-2-4-8-14(11)21/h1-8,12H,9H2. The summed E-state index contributed by atoms with van der Waals surface area (Å²) in [6, 6.07) is 12.5. The Morgan fingerprint density at radius 3 is 2.27 bits per heavy atom. The number of para-hydroxylation sites is 2. The van der Waals surface area contributed by atoms with E-state index in [4.69, 9.17) is 11.6 Å². The normalized spacial score (nSPS) is 17.5. The molecule has 2 aromatic carbocycles. The van der Waals surface area contributed by atoms with E-state index in [1.54, 1.807) is 30.3 Å². The highest BCUT2D eigenvalue weighted by Crippen LogP contribution is 2.47. The molecule has 0 fully saturated rings. The van der Waals surface area contributed by atoms with Gasteiger partial charge in [-0.25, -0.2) is 0 Å². The Hall–Kier alpha value is -2.01. The number of halogens is 4. The van der Waals surface area contributed by atoms with E-state index in [1.165, 1.54) is 18.2 Å². The highest BCUT2D eigenvalue weighted by Gasteiger charge is 2.44. The fourth-order valence-corrected chi connectivity index (χ4v) is 3.01. The average Bonchev–Trinajstić information content (AvgIpc) is 2.60. The summed E-state index contributed by atoms with van der Waals surface area (Å²) in [4.78, 5) is 13.0. The molecular formula is C16H11ClF3NO. The number of carbonyl (C=O) groups excluding carboxylic acids is 1. The van der Waals surface area contributed by atoms with Gasteiger partial charge in [-0.15, -0.1) is 0 Å². The predicted molar refractivity (Wildman–Crippen MR) is 78.8 cm³/mol. The van der Waals surface area contributed by atoms with Gasteiger partial charge in [0.05, 0.1) is 17.3 Å². The van der Waals surface area contributed by atoms with Crippen LogP contribution in [0.3, 0.4) is 0 Å². The summed E-state index contributed by atoms with van der Waals surface area (Å²) >= 11 is 5.65. The van der Waals surface area contributed by atoms with Crippen LogP contribution in [-0.2, 0) is 6.42 Å². The summed E-state index contributed by atoms with van der Waals surface area (Å²) in [6.45, 7) is 0. The van der Waals surface area contributed by atoms with Crippen molar-refractivity contribution in [1.29, 1.82) is 0 Å². The number of benzene rings is 2. The lowest BCUT2D eigenvalue weighted by Crippen LogP contribution is -2.24. The second kappa shape index (κ2) is 5.32. The summed E-state index contributed by atoms with van der Waals surface area (Å²) in [6.07, 6.45) is -4.63. The van der Waals surface area contributed by atoms with Crippen molar-refractivity contribution in [3.05, 3.63) is 59.7 Å². The Morgan fingerprint density at radius 1 is 1.05 bits per heavy atom. The monoisotopic (exact) mass is 325 g/mol. The molecule has 1 atom stereocenters. The van der Waals surface area contributed by atoms with Gasteiger partial charge in [-0.1, -0.05) is 36.4 Å². The summed E-state index contributed by atoms with van der Waals surface area (Å²) in [5.74, 6) is -1.68. The first-order valence-electron chi connectivity index (χ1n) is 6.62. The van der Waals surface area contributed by atoms with Gasteiger partial charge in [-0.05, 0) is 41.3 Å². The lowest BCUT2D eigenvalue weighted by molar-refractivity contribution is -0.150. The van der Waals surface area contributed by atoms with Crippen LogP contribution >= 0.6 is 11.6 Å². The van der Waals surface area contributed by atoms with Crippen LogP contribution in [0.2, 0.25) is 0 Å². The molecule has 1 aliphatic rings. The first kappa shape index (κ1) is 14.9. The first-order valence-corrected chi connectivity index (χ1v) is 7.00. The summed E-state index contributed by atoms with van der Waals surface area (Å²) in [5.41, 5.74) is 1.06. The molecule has 1 amide bonds. The smallest absolute Gasteiger partial charge is 0.267 e. The highest BCUT2D eigenvalue weighted by atomic mass is 35.5. The third-order valence-electron chi connectivity index (χ3n) is 3.78. The minimum Gasteiger partial charge on any atom is -0.267 e. The van der Waals surface area contributed by atoms with Gasteiger partial charge in [-0.2, -0.15) is 13.2 Å². The number of amides is 1. The molecule has 0 radical (unpaired) electrons. The van der Waals surface area contributed by atoms with Crippen molar-refractivity contribution < 1.29 is 18.0 Å². The molecular weight excluding hydrogens is 315 g/mol. The maximum Gasteiger partial charge on any atom is 0.396 e. The number of rotatable bonds is 0. The van der Waals surface area contributed by atoms with Crippen molar-refractivity contribution in [2.24, 2.45) is 0 Å². The van der Waals surface area contributed by atoms with E-state index in [1.807, 2.05) is 0 Å². The zero-order chi connectivity index (χ0) is 15.9. The van der Waals surface area contributed by atoms with Gasteiger partial charge in [0.2, 0.25) is 0 Å². The second-order valence-electron chi connectivity index (χ2n) is 5.07. The number of alkyl halides is 3. The Bertz CT molecular complexity index is 729. The van der Waals surface area contributed by atoms with Crippen molar-refractivity contribution >= 4 is 28.3 Å². The SMILES string of the molecule is O=C(Cl)N1c2ccccc2CC(C(F)(F)F)c2ccccc21. The van der Waals surface area contributed by atoms with Crippen molar-refractivity contribution in [2.45, 2.75) is 18.5 Å². The van der Waals surface area contributed by atoms with E-state index in [9.17, 15) is 18.0 Å². The lowest BCUT2D eigenvalue weighted by atomic mass is 9.91. The van der Waals surface area contributed by atoms with Crippen LogP contribution in [0.25, 0.3) is 0 Å². The number of hydrogen-bond acceptors (Lipinski definition) is 1. The number of nitrogens with zero attached hydrogens (tertiary/aromatic N) is 1. The van der Waals surface area contributed by atoms with Gasteiger partial charge in [0.15, 0.2) is 0 Å². The lowest BCUT2D eigenvalue weighted by Gasteiger charge is -2.23. The summed E-state index contributed by atoms with van der Waals surface area (Å²) in [5, 5.41) is -0.831. The number of carbonyl (C=O) groups is 1. The molecule has 2 nitrogen and oxygen atoms in total. The third kappa shape index (κ3) is 2.46. The summed E-state index contributed by atoms with van der Waals surface area (Å²) in [7, 11) is 0. The molecule has 0 aliphatic carbocycles. The molecule has 3 rings (SSSR count). The van der Waals surface area contributed by atoms with Gasteiger partial charge in [0.1, 0.15) is 0 Å². The van der Waals surface area contributed by atoms with Gasteiger partial charge in [0.25, 0.3) is 0 Å². The van der Waals surface area contributed by atoms with E-state index in [0.29, 0.717) is 11.3 Å². The topological polar surface area (TPSA) is 20.3 Å². The van der Waals surface area contributed by atoms with Crippen LogP contribution in [-0.4, -0.2) is 11.5 Å². The minimum absolute atomic E-state index is 0.0557. The third-order valence-corrected chi connectivity index (χ3v) is 3.95. The molecule has 0 saturated heterocycles. The Labute approximate surface area is 130 Å². The van der Waals surface area contributed by atoms with E-state index in [0.717, 1.165) is 4.90 Å². The van der Waals surface area contributed by atoms with Gasteiger partial charge >= 0.3 is 11.5 Å². The van der Waals surface area contributed by atoms with Crippen LogP contribution in [0.1, 0.15) is 17.0 Å². The van der Waals surface area contributed by atoms with Crippen molar-refractivity contribution in [3.8, 4) is 0 Å². The molecule has 2 aromatic rings. The number of anilines is 2. The molecule has 0 saturated carbocycles. The number of hydrogen-bond donors (Lipinski definition) is 0. The fraction of sp³-hybridized carbons (Fsp3) is 0.188. The molecule has 114 valence electrons. The van der Waals surface area contributed by atoms with E-state index in [2.05, 4.69) is 0 Å². The highest BCUT2D eigenvalue weighted by molar-refractivity contribution is 6.67. The summed E-state index contributed by atoms with van der Waals surface area (Å²) < 4.78 is 40.5. The molecule has 0 aromatic heterocycles. The number of fused-ring (bicyclic) bond motifs is 2. The molecule has 1 unspecified atom stereocenters. The van der Waals surface area contributed by atoms with E-state index >= 15 is 0 Å². The molecule has 22 heavy (non-hydrogen) atoms. The quantitative estimate of drug-likeness (QED) is 0.470. The molecule has 6 heteroatoms. The maximum atomic E-state index is 13.5. The first-order chi connectivity index (χ1) is 10.4. The zero-order valence-electron chi connectivity index (χ0n) is 11.3. The second-order valence-corrected chi connectivity index (χ2v) is 5.40.